The lowest BCUT2D eigenvalue weighted by molar-refractivity contribution is -0.921. The molecule has 0 saturated carbocycles. The number of halogens is 2. The van der Waals surface area contributed by atoms with Gasteiger partial charge in [0.05, 0.1) is 13.2 Å². The molecule has 27 heavy (non-hydrogen) atoms. The Morgan fingerprint density at radius 2 is 1.70 bits per heavy atom. The molecule has 1 aliphatic heterocycles. The van der Waals surface area contributed by atoms with Crippen LogP contribution in [-0.4, -0.2) is 32.2 Å². The Morgan fingerprint density at radius 3 is 2.41 bits per heavy atom. The summed E-state index contributed by atoms with van der Waals surface area (Å²) in [5.41, 5.74) is 3.04. The number of quaternary nitrogens is 1. The minimum absolute atomic E-state index is 0.181. The number of amides is 1. The van der Waals surface area contributed by atoms with Gasteiger partial charge < -0.3 is 15.0 Å². The van der Waals surface area contributed by atoms with E-state index in [1.165, 1.54) is 16.5 Å². The van der Waals surface area contributed by atoms with Gasteiger partial charge in [0.15, 0.2) is 0 Å². The Labute approximate surface area is 169 Å². The van der Waals surface area contributed by atoms with Crippen molar-refractivity contribution >= 4 is 35.2 Å². The molecule has 0 aliphatic carbocycles. The predicted molar refractivity (Wildman–Crippen MR) is 109 cm³/mol. The first-order chi connectivity index (χ1) is 13.1. The zero-order valence-electron chi connectivity index (χ0n) is 15.0. The number of hydrogen-bond donors (Lipinski definition) is 2. The molecule has 2 aromatic carbocycles. The molecule has 2 N–H and O–H groups in total. The zero-order valence-corrected chi connectivity index (χ0v) is 16.5. The molecule has 0 bridgehead atoms. The molecule has 1 amide bonds. The van der Waals surface area contributed by atoms with E-state index in [2.05, 4.69) is 17.4 Å². The van der Waals surface area contributed by atoms with Crippen molar-refractivity contribution in [2.75, 3.05) is 26.3 Å². The minimum atomic E-state index is -0.181. The fraction of sp³-hybridized carbons (Fsp3) is 0.286. The average Bonchev–Trinajstić information content (AvgIpc) is 2.68. The summed E-state index contributed by atoms with van der Waals surface area (Å²) < 4.78 is 5.42. The molecule has 142 valence electrons. The maximum absolute atomic E-state index is 12.2. The summed E-state index contributed by atoms with van der Waals surface area (Å²) in [7, 11) is 0. The number of nitrogens with one attached hydrogen (secondary N) is 2. The highest BCUT2D eigenvalue weighted by atomic mass is 35.5. The van der Waals surface area contributed by atoms with E-state index < -0.39 is 0 Å². The van der Waals surface area contributed by atoms with Gasteiger partial charge in [-0.2, -0.15) is 0 Å². The monoisotopic (exact) mass is 405 g/mol. The van der Waals surface area contributed by atoms with Crippen LogP contribution in [0, 0.1) is 0 Å². The molecule has 0 atom stereocenters. The van der Waals surface area contributed by atoms with Crippen molar-refractivity contribution in [3.05, 3.63) is 75.3 Å². The molecule has 0 radical (unpaired) electrons. The van der Waals surface area contributed by atoms with Gasteiger partial charge in [-0.05, 0) is 23.8 Å². The van der Waals surface area contributed by atoms with Crippen molar-refractivity contribution in [3.8, 4) is 0 Å². The highest BCUT2D eigenvalue weighted by Gasteiger charge is 2.16. The van der Waals surface area contributed by atoms with Crippen LogP contribution in [0.3, 0.4) is 0 Å². The normalized spacial score (nSPS) is 15.2. The summed E-state index contributed by atoms with van der Waals surface area (Å²) in [4.78, 5) is 13.7. The Bertz CT molecular complexity index is 797. The Kier molecular flexibility index (Phi) is 7.30. The quantitative estimate of drug-likeness (QED) is 0.725. The van der Waals surface area contributed by atoms with Gasteiger partial charge >= 0.3 is 0 Å². The van der Waals surface area contributed by atoms with E-state index in [0.717, 1.165) is 38.4 Å². The minimum Gasteiger partial charge on any atom is -0.370 e. The second kappa shape index (κ2) is 9.90. The molecule has 2 aromatic rings. The molecular weight excluding hydrogens is 383 g/mol. The first-order valence-electron chi connectivity index (χ1n) is 9.01. The molecule has 3 rings (SSSR count). The number of benzene rings is 2. The summed E-state index contributed by atoms with van der Waals surface area (Å²) >= 11 is 12.2. The molecule has 1 heterocycles. The summed E-state index contributed by atoms with van der Waals surface area (Å²) in [5, 5.41) is 3.98. The van der Waals surface area contributed by atoms with Crippen molar-refractivity contribution in [1.29, 1.82) is 0 Å². The molecule has 0 unspecified atom stereocenters. The first kappa shape index (κ1) is 19.9. The third-order valence-electron chi connectivity index (χ3n) is 4.61. The third-order valence-corrected chi connectivity index (χ3v) is 5.27. The number of ether oxygens (including phenoxy) is 1. The second-order valence-electron chi connectivity index (χ2n) is 6.49. The largest absolute Gasteiger partial charge is 0.370 e. The summed E-state index contributed by atoms with van der Waals surface area (Å²) in [5.74, 6) is -0.181. The van der Waals surface area contributed by atoms with Gasteiger partial charge in [0.2, 0.25) is 5.91 Å². The van der Waals surface area contributed by atoms with Crippen molar-refractivity contribution in [1.82, 2.24) is 5.32 Å². The highest BCUT2D eigenvalue weighted by molar-refractivity contribution is 6.37. The lowest BCUT2D eigenvalue weighted by Crippen LogP contribution is -3.12. The van der Waals surface area contributed by atoms with Gasteiger partial charge in [-0.15, -0.1) is 0 Å². The Hall–Kier alpha value is -1.85. The number of carbonyl (C=O) groups excluding carboxylic acids is 1. The number of morpholine rings is 1. The molecule has 0 aromatic heterocycles. The van der Waals surface area contributed by atoms with Crippen LogP contribution >= 0.6 is 23.2 Å². The van der Waals surface area contributed by atoms with Crippen LogP contribution in [0.15, 0.2) is 48.5 Å². The standard InChI is InChI=1S/C21H22Cl2N2O2/c22-19-6-3-7-20(23)18(19)8-9-21(26)24-14-16-4-1-2-5-17(16)15-25-10-12-27-13-11-25/h1-9H,10-15H2,(H,24,26)/p+1/b9-8+. The molecular formula is C21H23Cl2N2O2+. The van der Waals surface area contributed by atoms with E-state index in [0.29, 0.717) is 22.2 Å². The van der Waals surface area contributed by atoms with Crippen LogP contribution in [0.25, 0.3) is 6.08 Å². The van der Waals surface area contributed by atoms with Crippen LogP contribution in [0.4, 0.5) is 0 Å². The van der Waals surface area contributed by atoms with Crippen LogP contribution in [0.1, 0.15) is 16.7 Å². The number of rotatable bonds is 6. The van der Waals surface area contributed by atoms with E-state index in [1.54, 1.807) is 24.3 Å². The van der Waals surface area contributed by atoms with Gasteiger partial charge in [0.25, 0.3) is 0 Å². The van der Waals surface area contributed by atoms with Gasteiger partial charge in [-0.3, -0.25) is 4.79 Å². The lowest BCUT2D eigenvalue weighted by atomic mass is 10.1. The van der Waals surface area contributed by atoms with E-state index in [1.807, 2.05) is 12.1 Å². The number of carbonyl (C=O) groups is 1. The average molecular weight is 406 g/mol. The SMILES string of the molecule is O=C(/C=C/c1c(Cl)cccc1Cl)NCc1ccccc1C[NH+]1CCOCC1. The highest BCUT2D eigenvalue weighted by Crippen LogP contribution is 2.25. The van der Waals surface area contributed by atoms with E-state index in [9.17, 15) is 4.79 Å². The molecule has 4 nitrogen and oxygen atoms in total. The van der Waals surface area contributed by atoms with E-state index >= 15 is 0 Å². The predicted octanol–water partition coefficient (Wildman–Crippen LogP) is 2.74. The number of hydrogen-bond acceptors (Lipinski definition) is 2. The van der Waals surface area contributed by atoms with Gasteiger partial charge in [0, 0.05) is 33.8 Å². The van der Waals surface area contributed by atoms with Crippen molar-refractivity contribution in [2.24, 2.45) is 0 Å². The summed E-state index contributed by atoms with van der Waals surface area (Å²) in [6.07, 6.45) is 3.10. The summed E-state index contributed by atoms with van der Waals surface area (Å²) in [6.45, 7) is 5.08. The van der Waals surface area contributed by atoms with Gasteiger partial charge in [-0.25, -0.2) is 0 Å². The smallest absolute Gasteiger partial charge is 0.244 e. The van der Waals surface area contributed by atoms with Crippen molar-refractivity contribution in [2.45, 2.75) is 13.1 Å². The lowest BCUT2D eigenvalue weighted by Gasteiger charge is -2.24. The molecule has 0 spiro atoms. The molecule has 6 heteroatoms. The zero-order chi connectivity index (χ0) is 19.1. The van der Waals surface area contributed by atoms with Crippen molar-refractivity contribution < 1.29 is 14.4 Å². The fourth-order valence-electron chi connectivity index (χ4n) is 3.08. The maximum atomic E-state index is 12.2. The molecule has 1 saturated heterocycles. The maximum Gasteiger partial charge on any atom is 0.244 e. The Morgan fingerprint density at radius 1 is 1.04 bits per heavy atom. The summed E-state index contributed by atoms with van der Waals surface area (Å²) in [6, 6.07) is 13.5. The van der Waals surface area contributed by atoms with Crippen LogP contribution in [-0.2, 0) is 22.6 Å². The molecule has 1 fully saturated rings. The van der Waals surface area contributed by atoms with Gasteiger partial charge in [-0.1, -0.05) is 53.5 Å². The Balaban J connectivity index is 1.59. The fourth-order valence-corrected chi connectivity index (χ4v) is 3.60. The van der Waals surface area contributed by atoms with E-state index in [-0.39, 0.29) is 5.91 Å². The van der Waals surface area contributed by atoms with Crippen molar-refractivity contribution in [3.63, 3.8) is 0 Å². The van der Waals surface area contributed by atoms with Crippen LogP contribution < -0.4 is 10.2 Å². The van der Waals surface area contributed by atoms with Crippen LogP contribution in [0.2, 0.25) is 10.0 Å². The molecule has 1 aliphatic rings. The van der Waals surface area contributed by atoms with Gasteiger partial charge in [0.1, 0.15) is 19.6 Å². The van der Waals surface area contributed by atoms with E-state index in [4.69, 9.17) is 27.9 Å². The first-order valence-corrected chi connectivity index (χ1v) is 9.77. The topological polar surface area (TPSA) is 42.8 Å². The second-order valence-corrected chi connectivity index (χ2v) is 7.31. The van der Waals surface area contributed by atoms with Crippen LogP contribution in [0.5, 0.6) is 0 Å². The third kappa shape index (κ3) is 5.81.